The van der Waals surface area contributed by atoms with Gasteiger partial charge in [0.2, 0.25) is 10.0 Å². The molecule has 0 aliphatic carbocycles. The average Bonchev–Trinajstić information content (AvgIpc) is 2.11. The van der Waals surface area contributed by atoms with Crippen molar-refractivity contribution in [2.45, 2.75) is 25.0 Å². The summed E-state index contributed by atoms with van der Waals surface area (Å²) in [7, 11) is -3.05. The van der Waals surface area contributed by atoms with Crippen molar-refractivity contribution < 1.29 is 13.2 Å². The fraction of sp³-hybridized carbons (Fsp3) is 1.00. The van der Waals surface area contributed by atoms with Gasteiger partial charge in [0.1, 0.15) is 0 Å². The molecule has 5 nitrogen and oxygen atoms in total. The van der Waals surface area contributed by atoms with Crippen molar-refractivity contribution in [1.29, 1.82) is 0 Å². The minimum Gasteiger partial charge on any atom is -0.371 e. The van der Waals surface area contributed by atoms with Gasteiger partial charge in [-0.15, -0.1) is 0 Å². The molecule has 0 saturated carbocycles. The number of nitrogens with one attached hydrogen (secondary N) is 1. The summed E-state index contributed by atoms with van der Waals surface area (Å²) in [6, 6.07) is 0. The van der Waals surface area contributed by atoms with E-state index in [4.69, 9.17) is 4.74 Å². The molecule has 2 aliphatic heterocycles. The average molecular weight is 234 g/mol. The lowest BCUT2D eigenvalue weighted by Crippen LogP contribution is -2.52. The second-order valence-electron chi connectivity index (χ2n) is 4.30. The smallest absolute Gasteiger partial charge is 0.211 e. The Morgan fingerprint density at radius 3 is 2.60 bits per heavy atom. The lowest BCUT2D eigenvalue weighted by molar-refractivity contribution is -0.0561. The maximum absolute atomic E-state index is 11.4. The molecule has 2 fully saturated rings. The maximum atomic E-state index is 11.4. The Morgan fingerprint density at radius 2 is 2.07 bits per heavy atom. The van der Waals surface area contributed by atoms with Gasteiger partial charge in [-0.05, 0) is 12.8 Å². The Bertz CT molecular complexity index is 313. The molecule has 1 unspecified atom stereocenters. The lowest BCUT2D eigenvalue weighted by Gasteiger charge is -2.36. The number of nitrogens with zero attached hydrogens (tertiary/aromatic N) is 1. The molecule has 0 aromatic carbocycles. The van der Waals surface area contributed by atoms with Gasteiger partial charge in [-0.3, -0.25) is 0 Å². The van der Waals surface area contributed by atoms with Crippen LogP contribution in [-0.2, 0) is 14.8 Å². The van der Waals surface area contributed by atoms with E-state index in [1.54, 1.807) is 0 Å². The van der Waals surface area contributed by atoms with Crippen molar-refractivity contribution in [2.24, 2.45) is 0 Å². The molecule has 2 heterocycles. The first kappa shape index (κ1) is 11.3. The third kappa shape index (κ3) is 2.90. The monoisotopic (exact) mass is 234 g/mol. The Kier molecular flexibility index (Phi) is 3.30. The topological polar surface area (TPSA) is 58.6 Å². The van der Waals surface area contributed by atoms with E-state index in [0.717, 1.165) is 25.9 Å². The molecular weight excluding hydrogens is 216 g/mol. The van der Waals surface area contributed by atoms with Crippen molar-refractivity contribution in [2.75, 3.05) is 32.4 Å². The summed E-state index contributed by atoms with van der Waals surface area (Å²) < 4.78 is 30.0. The first-order chi connectivity index (χ1) is 7.05. The Labute approximate surface area is 90.8 Å². The van der Waals surface area contributed by atoms with Crippen LogP contribution in [0.5, 0.6) is 0 Å². The molecule has 2 saturated heterocycles. The fourth-order valence-electron chi connectivity index (χ4n) is 1.95. The molecule has 0 aromatic heterocycles. The second kappa shape index (κ2) is 4.37. The van der Waals surface area contributed by atoms with E-state index < -0.39 is 10.0 Å². The van der Waals surface area contributed by atoms with Crippen molar-refractivity contribution in [3.05, 3.63) is 0 Å². The van der Waals surface area contributed by atoms with Gasteiger partial charge in [-0.2, -0.15) is 4.31 Å². The van der Waals surface area contributed by atoms with Crippen LogP contribution in [0.3, 0.4) is 0 Å². The largest absolute Gasteiger partial charge is 0.371 e. The van der Waals surface area contributed by atoms with Crippen molar-refractivity contribution >= 4 is 10.0 Å². The Morgan fingerprint density at radius 1 is 1.33 bits per heavy atom. The predicted molar refractivity (Wildman–Crippen MR) is 57.2 cm³/mol. The summed E-state index contributed by atoms with van der Waals surface area (Å²) in [6.45, 7) is 2.96. The van der Waals surface area contributed by atoms with Crippen LogP contribution >= 0.6 is 0 Å². The number of hydrogen-bond donors (Lipinski definition) is 1. The molecule has 2 rings (SSSR count). The van der Waals surface area contributed by atoms with E-state index in [1.165, 1.54) is 10.6 Å². The molecule has 0 radical (unpaired) electrons. The fourth-order valence-corrected chi connectivity index (χ4v) is 2.85. The van der Waals surface area contributed by atoms with Gasteiger partial charge in [-0.25, -0.2) is 8.42 Å². The molecule has 1 N–H and O–H groups in total. The first-order valence-corrected chi connectivity index (χ1v) is 7.22. The molecule has 0 bridgehead atoms. The van der Waals surface area contributed by atoms with Gasteiger partial charge in [0.05, 0.1) is 18.5 Å². The number of rotatable bonds is 3. The summed E-state index contributed by atoms with van der Waals surface area (Å²) in [4.78, 5) is 0. The van der Waals surface area contributed by atoms with Crippen LogP contribution in [0.4, 0.5) is 0 Å². The zero-order valence-electron chi connectivity index (χ0n) is 8.98. The van der Waals surface area contributed by atoms with Crippen molar-refractivity contribution in [3.63, 3.8) is 0 Å². The lowest BCUT2D eigenvalue weighted by atomic mass is 10.1. The van der Waals surface area contributed by atoms with Crippen LogP contribution in [0, 0.1) is 0 Å². The third-order valence-electron chi connectivity index (χ3n) is 2.94. The molecule has 15 heavy (non-hydrogen) atoms. The molecule has 0 aromatic rings. The van der Waals surface area contributed by atoms with E-state index >= 15 is 0 Å². The van der Waals surface area contributed by atoms with E-state index in [1.807, 2.05) is 0 Å². The second-order valence-corrected chi connectivity index (χ2v) is 6.28. The molecule has 2 aliphatic rings. The van der Waals surface area contributed by atoms with E-state index in [2.05, 4.69) is 5.32 Å². The van der Waals surface area contributed by atoms with Crippen molar-refractivity contribution in [1.82, 2.24) is 9.62 Å². The van der Waals surface area contributed by atoms with Crippen LogP contribution in [0.2, 0.25) is 0 Å². The molecule has 0 amide bonds. The van der Waals surface area contributed by atoms with Crippen molar-refractivity contribution in [3.8, 4) is 0 Å². The van der Waals surface area contributed by atoms with Gasteiger partial charge >= 0.3 is 0 Å². The third-order valence-corrected chi connectivity index (χ3v) is 4.21. The summed E-state index contributed by atoms with van der Waals surface area (Å²) in [6.07, 6.45) is 3.51. The number of ether oxygens (including phenoxy) is 1. The highest BCUT2D eigenvalue weighted by Crippen LogP contribution is 2.17. The standard InChI is InChI=1S/C9H18N2O3S/c1-15(12,13)11-4-2-3-8(7-11)14-9-5-10-6-9/h8-10H,2-7H2,1H3. The highest BCUT2D eigenvalue weighted by Gasteiger charge is 2.29. The minimum absolute atomic E-state index is 0.0839. The zero-order chi connectivity index (χ0) is 10.9. The summed E-state index contributed by atoms with van der Waals surface area (Å²) in [5.41, 5.74) is 0. The molecule has 88 valence electrons. The van der Waals surface area contributed by atoms with E-state index in [-0.39, 0.29) is 12.2 Å². The Balaban J connectivity index is 1.86. The number of hydrogen-bond acceptors (Lipinski definition) is 4. The zero-order valence-corrected chi connectivity index (χ0v) is 9.79. The summed E-state index contributed by atoms with van der Waals surface area (Å²) >= 11 is 0. The van der Waals surface area contributed by atoms with Crippen LogP contribution in [0.25, 0.3) is 0 Å². The maximum Gasteiger partial charge on any atom is 0.211 e. The predicted octanol–water partition coefficient (Wildman–Crippen LogP) is -0.601. The van der Waals surface area contributed by atoms with Gasteiger partial charge in [0.15, 0.2) is 0 Å². The number of sulfonamides is 1. The van der Waals surface area contributed by atoms with E-state index in [9.17, 15) is 8.42 Å². The SMILES string of the molecule is CS(=O)(=O)N1CCCC(OC2CNC2)C1. The molecule has 0 spiro atoms. The first-order valence-electron chi connectivity index (χ1n) is 5.37. The van der Waals surface area contributed by atoms with Gasteiger partial charge in [-0.1, -0.05) is 0 Å². The molecule has 6 heteroatoms. The van der Waals surface area contributed by atoms with Crippen LogP contribution < -0.4 is 5.32 Å². The summed E-state index contributed by atoms with van der Waals surface area (Å²) in [5.74, 6) is 0. The van der Waals surface area contributed by atoms with Gasteiger partial charge in [0.25, 0.3) is 0 Å². The highest BCUT2D eigenvalue weighted by molar-refractivity contribution is 7.88. The normalized spacial score (nSPS) is 30.1. The van der Waals surface area contributed by atoms with Crippen LogP contribution in [0.1, 0.15) is 12.8 Å². The summed E-state index contributed by atoms with van der Waals surface area (Å²) in [5, 5.41) is 3.14. The quantitative estimate of drug-likeness (QED) is 0.708. The van der Waals surface area contributed by atoms with Gasteiger partial charge in [0, 0.05) is 26.2 Å². The van der Waals surface area contributed by atoms with E-state index in [0.29, 0.717) is 13.1 Å². The van der Waals surface area contributed by atoms with Crippen LogP contribution in [-0.4, -0.2) is 57.4 Å². The highest BCUT2D eigenvalue weighted by atomic mass is 32.2. The molecular formula is C9H18N2O3S. The number of piperidine rings is 1. The minimum atomic E-state index is -3.05. The van der Waals surface area contributed by atoms with Gasteiger partial charge < -0.3 is 10.1 Å². The Hall–Kier alpha value is -0.170. The van der Waals surface area contributed by atoms with Crippen LogP contribution in [0.15, 0.2) is 0 Å². The molecule has 1 atom stereocenters.